The Balaban J connectivity index is 1.40. The van der Waals surface area contributed by atoms with Crippen LogP contribution in [0.2, 0.25) is 0 Å². The average Bonchev–Trinajstić information content (AvgIpc) is 3.27. The first-order valence-corrected chi connectivity index (χ1v) is 10.9. The van der Waals surface area contributed by atoms with Crippen LogP contribution in [0.1, 0.15) is 16.1 Å². The van der Waals surface area contributed by atoms with Crippen molar-refractivity contribution in [3.05, 3.63) is 78.0 Å². The number of piperazine rings is 1. The molecule has 1 aliphatic rings. The molecule has 1 aliphatic heterocycles. The third-order valence-corrected chi connectivity index (χ3v) is 5.75. The molecule has 35 heavy (non-hydrogen) atoms. The third-order valence-electron chi connectivity index (χ3n) is 5.75. The summed E-state index contributed by atoms with van der Waals surface area (Å²) in [6, 6.07) is 11.1. The lowest BCUT2D eigenvalue weighted by atomic mass is 10.0. The molecule has 3 heterocycles. The topological polar surface area (TPSA) is 74.6 Å². The van der Waals surface area contributed by atoms with Crippen molar-refractivity contribution in [2.45, 2.75) is 6.18 Å². The lowest BCUT2D eigenvalue weighted by molar-refractivity contribution is -0.137. The average molecular weight is 484 g/mol. The van der Waals surface area contributed by atoms with E-state index in [1.54, 1.807) is 12.1 Å². The Morgan fingerprint density at radius 1 is 1.03 bits per heavy atom. The highest BCUT2D eigenvalue weighted by Gasteiger charge is 2.31. The van der Waals surface area contributed by atoms with Gasteiger partial charge in [-0.1, -0.05) is 0 Å². The predicted molar refractivity (Wildman–Crippen MR) is 123 cm³/mol. The van der Waals surface area contributed by atoms with Crippen molar-refractivity contribution in [3.8, 4) is 11.1 Å². The van der Waals surface area contributed by atoms with Crippen molar-refractivity contribution in [1.29, 1.82) is 0 Å². The zero-order valence-electron chi connectivity index (χ0n) is 18.3. The number of fused-ring (bicyclic) bond motifs is 1. The first-order valence-electron chi connectivity index (χ1n) is 10.9. The Labute approximate surface area is 197 Å². The maximum absolute atomic E-state index is 13.9. The van der Waals surface area contributed by atoms with Gasteiger partial charge in [0, 0.05) is 49.3 Å². The highest BCUT2D eigenvalue weighted by Crippen LogP contribution is 2.34. The van der Waals surface area contributed by atoms with Crippen LogP contribution in [0.15, 0.2) is 60.9 Å². The molecule has 2 aromatic heterocycles. The minimum absolute atomic E-state index is 0.0397. The van der Waals surface area contributed by atoms with E-state index in [1.807, 2.05) is 12.1 Å². The molecule has 1 fully saturated rings. The molecule has 0 unspecified atom stereocenters. The summed E-state index contributed by atoms with van der Waals surface area (Å²) in [7, 11) is 0. The highest BCUT2D eigenvalue weighted by atomic mass is 19.4. The van der Waals surface area contributed by atoms with Crippen LogP contribution in [0.4, 0.5) is 28.9 Å². The molecule has 0 aliphatic carbocycles. The van der Waals surface area contributed by atoms with Gasteiger partial charge in [0.1, 0.15) is 11.5 Å². The van der Waals surface area contributed by atoms with Crippen LogP contribution in [-0.4, -0.2) is 46.7 Å². The fourth-order valence-corrected chi connectivity index (χ4v) is 3.98. The number of rotatable bonds is 4. The van der Waals surface area contributed by atoms with Gasteiger partial charge >= 0.3 is 6.18 Å². The second-order valence-corrected chi connectivity index (χ2v) is 8.10. The summed E-state index contributed by atoms with van der Waals surface area (Å²) in [5, 5.41) is 10.1. The number of carbonyl (C=O) groups is 1. The lowest BCUT2D eigenvalue weighted by Gasteiger charge is -2.29. The number of alkyl halides is 3. The molecule has 0 spiro atoms. The maximum atomic E-state index is 13.9. The smallest absolute Gasteiger partial charge is 0.369 e. The van der Waals surface area contributed by atoms with Crippen molar-refractivity contribution in [1.82, 2.24) is 19.9 Å². The van der Waals surface area contributed by atoms with E-state index in [9.17, 15) is 22.4 Å². The van der Waals surface area contributed by atoms with Crippen molar-refractivity contribution in [3.63, 3.8) is 0 Å². The van der Waals surface area contributed by atoms with E-state index in [4.69, 9.17) is 0 Å². The normalized spacial score (nSPS) is 14.3. The molecule has 1 amide bonds. The number of nitrogens with one attached hydrogen (secondary N) is 2. The second-order valence-electron chi connectivity index (χ2n) is 8.10. The van der Waals surface area contributed by atoms with Gasteiger partial charge < -0.3 is 15.5 Å². The van der Waals surface area contributed by atoms with Crippen LogP contribution in [-0.2, 0) is 6.18 Å². The number of carbonyl (C=O) groups excluding carboxylic acids is 1. The molecule has 0 saturated carbocycles. The Bertz CT molecular complexity index is 1380. The van der Waals surface area contributed by atoms with Gasteiger partial charge in [-0.2, -0.15) is 18.3 Å². The molecule has 0 bridgehead atoms. The van der Waals surface area contributed by atoms with Crippen LogP contribution in [0.3, 0.4) is 0 Å². The van der Waals surface area contributed by atoms with Crippen molar-refractivity contribution in [2.75, 3.05) is 36.4 Å². The van der Waals surface area contributed by atoms with E-state index >= 15 is 0 Å². The molecule has 0 atom stereocenters. The molecular weight excluding hydrogens is 464 g/mol. The van der Waals surface area contributed by atoms with E-state index in [0.29, 0.717) is 11.8 Å². The van der Waals surface area contributed by atoms with Crippen molar-refractivity contribution in [2.24, 2.45) is 0 Å². The summed E-state index contributed by atoms with van der Waals surface area (Å²) in [4.78, 5) is 19.4. The quantitative estimate of drug-likeness (QED) is 0.425. The van der Waals surface area contributed by atoms with Crippen LogP contribution >= 0.6 is 0 Å². The number of halogens is 4. The second kappa shape index (κ2) is 8.99. The standard InChI is InChI=1S/C24H20F4N6O/c25-17-12-15(11-16(13-17)24(26,27)28)20-14-30-34-8-5-21(32-22(20)34)23(35)31-18-1-3-19(4-2-18)33-9-6-29-7-10-33/h1-5,8,11-14,29H,6-7,9-10H2,(H,31,35). The summed E-state index contributed by atoms with van der Waals surface area (Å²) in [5.41, 5.74) is 0.810. The summed E-state index contributed by atoms with van der Waals surface area (Å²) in [6.45, 7) is 3.63. The minimum Gasteiger partial charge on any atom is -0.369 e. The van der Waals surface area contributed by atoms with Gasteiger partial charge in [-0.15, -0.1) is 0 Å². The molecule has 2 aromatic carbocycles. The zero-order chi connectivity index (χ0) is 24.6. The van der Waals surface area contributed by atoms with Crippen molar-refractivity contribution >= 4 is 22.9 Å². The van der Waals surface area contributed by atoms with Gasteiger partial charge in [0.15, 0.2) is 5.65 Å². The molecule has 1 saturated heterocycles. The number of amides is 1. The number of nitrogens with zero attached hydrogens (tertiary/aromatic N) is 4. The highest BCUT2D eigenvalue weighted by molar-refractivity contribution is 6.03. The molecule has 180 valence electrons. The number of benzene rings is 2. The van der Waals surface area contributed by atoms with Gasteiger partial charge in [-0.25, -0.2) is 13.9 Å². The minimum atomic E-state index is -4.71. The number of hydrogen-bond donors (Lipinski definition) is 2. The third kappa shape index (κ3) is 4.80. The van der Waals surface area contributed by atoms with Gasteiger partial charge in [-0.3, -0.25) is 4.79 Å². The zero-order valence-corrected chi connectivity index (χ0v) is 18.3. The molecule has 7 nitrogen and oxygen atoms in total. The van der Waals surface area contributed by atoms with E-state index in [1.165, 1.54) is 23.0 Å². The molecule has 2 N–H and O–H groups in total. The van der Waals surface area contributed by atoms with Gasteiger partial charge in [-0.05, 0) is 54.1 Å². The SMILES string of the molecule is O=C(Nc1ccc(N2CCNCC2)cc1)c1ccn2ncc(-c3cc(F)cc(C(F)(F)F)c3)c2n1. The fourth-order valence-electron chi connectivity index (χ4n) is 3.98. The largest absolute Gasteiger partial charge is 0.416 e. The molecular formula is C24H20F4N6O. The monoisotopic (exact) mass is 484 g/mol. The Morgan fingerprint density at radius 3 is 2.49 bits per heavy atom. The van der Waals surface area contributed by atoms with Gasteiger partial charge in [0.05, 0.1) is 11.8 Å². The van der Waals surface area contributed by atoms with Gasteiger partial charge in [0.2, 0.25) is 0 Å². The summed E-state index contributed by atoms with van der Waals surface area (Å²) < 4.78 is 54.7. The van der Waals surface area contributed by atoms with Gasteiger partial charge in [0.25, 0.3) is 5.91 Å². The molecule has 0 radical (unpaired) electrons. The summed E-state index contributed by atoms with van der Waals surface area (Å²) in [6.07, 6.45) is -1.95. The van der Waals surface area contributed by atoms with E-state index in [0.717, 1.165) is 44.0 Å². The molecule has 11 heteroatoms. The van der Waals surface area contributed by atoms with Crippen LogP contribution in [0, 0.1) is 5.82 Å². The van der Waals surface area contributed by atoms with E-state index < -0.39 is 23.5 Å². The van der Waals surface area contributed by atoms with Crippen molar-refractivity contribution < 1.29 is 22.4 Å². The van der Waals surface area contributed by atoms with Crippen LogP contribution < -0.4 is 15.5 Å². The number of aromatic nitrogens is 3. The number of anilines is 2. The Morgan fingerprint density at radius 2 is 1.77 bits per heavy atom. The summed E-state index contributed by atoms with van der Waals surface area (Å²) >= 11 is 0. The first-order chi connectivity index (χ1) is 16.8. The maximum Gasteiger partial charge on any atom is 0.416 e. The van der Waals surface area contributed by atoms with Crippen LogP contribution in [0.25, 0.3) is 16.8 Å². The lowest BCUT2D eigenvalue weighted by Crippen LogP contribution is -2.43. The predicted octanol–water partition coefficient (Wildman–Crippen LogP) is 4.22. The first kappa shape index (κ1) is 22.8. The fraction of sp³-hybridized carbons (Fsp3) is 0.208. The Kier molecular flexibility index (Phi) is 5.85. The van der Waals surface area contributed by atoms with E-state index in [-0.39, 0.29) is 22.5 Å². The Hall–Kier alpha value is -3.99. The molecule has 4 aromatic rings. The summed E-state index contributed by atoms with van der Waals surface area (Å²) in [5.74, 6) is -1.53. The number of hydrogen-bond acceptors (Lipinski definition) is 5. The van der Waals surface area contributed by atoms with Crippen LogP contribution in [0.5, 0.6) is 0 Å². The van der Waals surface area contributed by atoms with E-state index in [2.05, 4.69) is 25.6 Å². The molecule has 5 rings (SSSR count).